The summed E-state index contributed by atoms with van der Waals surface area (Å²) in [7, 11) is 1.44. The summed E-state index contributed by atoms with van der Waals surface area (Å²) < 4.78 is 4.72. The molecule has 1 aliphatic rings. The highest BCUT2D eigenvalue weighted by Gasteiger charge is 2.30. The number of nitrogens with zero attached hydrogens (tertiary/aromatic N) is 1. The highest BCUT2D eigenvalue weighted by Crippen LogP contribution is 2.18. The van der Waals surface area contributed by atoms with Crippen LogP contribution < -0.4 is 5.73 Å². The van der Waals surface area contributed by atoms with Crippen LogP contribution in [0.2, 0.25) is 0 Å². The van der Waals surface area contributed by atoms with Crippen molar-refractivity contribution in [2.75, 3.05) is 26.7 Å². The van der Waals surface area contributed by atoms with Gasteiger partial charge in [-0.25, -0.2) is 0 Å². The van der Waals surface area contributed by atoms with Crippen molar-refractivity contribution in [3.63, 3.8) is 0 Å². The van der Waals surface area contributed by atoms with Crippen molar-refractivity contribution in [1.29, 1.82) is 0 Å². The summed E-state index contributed by atoms with van der Waals surface area (Å²) in [6, 6.07) is 0. The maximum Gasteiger partial charge on any atom is 0.310 e. The Labute approximate surface area is 85.4 Å². The number of carbonyl (C=O) groups is 1. The van der Waals surface area contributed by atoms with E-state index in [9.17, 15) is 4.79 Å². The quantitative estimate of drug-likeness (QED) is 0.662. The fourth-order valence-corrected chi connectivity index (χ4v) is 1.91. The molecule has 1 saturated heterocycles. The van der Waals surface area contributed by atoms with Gasteiger partial charge in [0.2, 0.25) is 0 Å². The van der Waals surface area contributed by atoms with E-state index < -0.39 is 0 Å². The molecule has 1 heterocycles. The minimum absolute atomic E-state index is 0.0438. The molecule has 4 heteroatoms. The molecule has 0 amide bonds. The van der Waals surface area contributed by atoms with Crippen molar-refractivity contribution < 1.29 is 9.53 Å². The molecule has 0 aromatic rings. The molecule has 1 fully saturated rings. The Morgan fingerprint density at radius 1 is 1.64 bits per heavy atom. The molecule has 0 aliphatic carbocycles. The smallest absolute Gasteiger partial charge is 0.310 e. The molecule has 1 rings (SSSR count). The van der Waals surface area contributed by atoms with Gasteiger partial charge in [0.1, 0.15) is 0 Å². The van der Waals surface area contributed by atoms with Gasteiger partial charge in [0.25, 0.3) is 0 Å². The van der Waals surface area contributed by atoms with E-state index in [1.807, 2.05) is 13.8 Å². The number of hydrogen-bond donors (Lipinski definition) is 1. The molecule has 0 bridgehead atoms. The van der Waals surface area contributed by atoms with Crippen LogP contribution in [0.4, 0.5) is 0 Å². The Balaban J connectivity index is 2.38. The molecule has 0 saturated carbocycles. The Bertz CT molecular complexity index is 211. The van der Waals surface area contributed by atoms with Gasteiger partial charge in [0.05, 0.1) is 13.0 Å². The van der Waals surface area contributed by atoms with E-state index in [2.05, 4.69) is 4.90 Å². The molecule has 1 unspecified atom stereocenters. The fraction of sp³-hybridized carbons (Fsp3) is 0.900. The van der Waals surface area contributed by atoms with E-state index in [-0.39, 0.29) is 17.4 Å². The number of nitrogens with two attached hydrogens (primary N) is 1. The largest absolute Gasteiger partial charge is 0.469 e. The van der Waals surface area contributed by atoms with E-state index >= 15 is 0 Å². The highest BCUT2D eigenvalue weighted by atomic mass is 16.5. The third-order valence-corrected chi connectivity index (χ3v) is 2.44. The first kappa shape index (κ1) is 11.5. The summed E-state index contributed by atoms with van der Waals surface area (Å²) in [5.41, 5.74) is 5.72. The first-order chi connectivity index (χ1) is 6.42. The zero-order valence-corrected chi connectivity index (χ0v) is 9.25. The van der Waals surface area contributed by atoms with Gasteiger partial charge in [-0.2, -0.15) is 0 Å². The van der Waals surface area contributed by atoms with E-state index in [0.29, 0.717) is 0 Å². The zero-order chi connectivity index (χ0) is 10.8. The summed E-state index contributed by atoms with van der Waals surface area (Å²) >= 11 is 0. The minimum atomic E-state index is -0.189. The van der Waals surface area contributed by atoms with Gasteiger partial charge in [-0.3, -0.25) is 4.79 Å². The normalized spacial score (nSPS) is 23.9. The average molecular weight is 200 g/mol. The second-order valence-electron chi connectivity index (χ2n) is 4.73. The molecule has 0 aromatic heterocycles. The monoisotopic (exact) mass is 200 g/mol. The molecule has 0 spiro atoms. The molecular formula is C10H20N2O2. The summed E-state index contributed by atoms with van der Waals surface area (Å²) in [4.78, 5) is 13.5. The van der Waals surface area contributed by atoms with Crippen LogP contribution in [0.5, 0.6) is 0 Å². The van der Waals surface area contributed by atoms with Crippen LogP contribution in [0.15, 0.2) is 0 Å². The van der Waals surface area contributed by atoms with Crippen LogP contribution in [0.25, 0.3) is 0 Å². The predicted molar refractivity (Wildman–Crippen MR) is 54.8 cm³/mol. The summed E-state index contributed by atoms with van der Waals surface area (Å²) in [6.07, 6.45) is 0.892. The molecule has 0 radical (unpaired) electrons. The first-order valence-electron chi connectivity index (χ1n) is 5.01. The average Bonchev–Trinajstić information content (AvgIpc) is 2.48. The van der Waals surface area contributed by atoms with E-state index in [4.69, 9.17) is 10.5 Å². The highest BCUT2D eigenvalue weighted by molar-refractivity contribution is 5.72. The summed E-state index contributed by atoms with van der Waals surface area (Å²) in [5.74, 6) is -0.0512. The van der Waals surface area contributed by atoms with Crippen LogP contribution in [0.1, 0.15) is 20.3 Å². The number of ether oxygens (including phenoxy) is 1. The number of rotatable bonds is 3. The first-order valence-corrected chi connectivity index (χ1v) is 5.01. The van der Waals surface area contributed by atoms with Crippen molar-refractivity contribution in [1.82, 2.24) is 4.90 Å². The lowest BCUT2D eigenvalue weighted by Crippen LogP contribution is -2.44. The summed E-state index contributed by atoms with van der Waals surface area (Å²) in [6.45, 7) is 6.56. The van der Waals surface area contributed by atoms with Gasteiger partial charge in [0, 0.05) is 18.6 Å². The van der Waals surface area contributed by atoms with Gasteiger partial charge in [-0.15, -0.1) is 0 Å². The van der Waals surface area contributed by atoms with Crippen molar-refractivity contribution in [2.45, 2.75) is 25.8 Å². The topological polar surface area (TPSA) is 55.6 Å². The van der Waals surface area contributed by atoms with Crippen molar-refractivity contribution >= 4 is 5.97 Å². The lowest BCUT2D eigenvalue weighted by Gasteiger charge is -2.25. The molecule has 4 nitrogen and oxygen atoms in total. The van der Waals surface area contributed by atoms with Gasteiger partial charge < -0.3 is 15.4 Å². The van der Waals surface area contributed by atoms with Crippen molar-refractivity contribution in [2.24, 2.45) is 11.7 Å². The number of hydrogen-bond acceptors (Lipinski definition) is 4. The number of esters is 1. The Morgan fingerprint density at radius 3 is 2.79 bits per heavy atom. The van der Waals surface area contributed by atoms with Gasteiger partial charge in [-0.1, -0.05) is 0 Å². The second-order valence-corrected chi connectivity index (χ2v) is 4.73. The molecular weight excluding hydrogens is 180 g/mol. The van der Waals surface area contributed by atoms with E-state index in [1.165, 1.54) is 7.11 Å². The number of methoxy groups -OCH3 is 1. The SMILES string of the molecule is COC(=O)C1CCN(CC(C)(C)N)C1. The Kier molecular flexibility index (Phi) is 3.50. The van der Waals surface area contributed by atoms with Crippen molar-refractivity contribution in [3.05, 3.63) is 0 Å². The van der Waals surface area contributed by atoms with Crippen LogP contribution in [-0.4, -0.2) is 43.2 Å². The lowest BCUT2D eigenvalue weighted by atomic mass is 10.1. The third kappa shape index (κ3) is 3.27. The molecule has 2 N–H and O–H groups in total. The maximum absolute atomic E-state index is 11.2. The predicted octanol–water partition coefficient (Wildman–Crippen LogP) is 0.219. The van der Waals surface area contributed by atoms with E-state index in [1.54, 1.807) is 0 Å². The number of likely N-dealkylation sites (tertiary alicyclic amines) is 1. The van der Waals surface area contributed by atoms with Crippen molar-refractivity contribution in [3.8, 4) is 0 Å². The minimum Gasteiger partial charge on any atom is -0.469 e. The Hall–Kier alpha value is -0.610. The van der Waals surface area contributed by atoms with E-state index in [0.717, 1.165) is 26.1 Å². The molecule has 82 valence electrons. The molecule has 1 aliphatic heterocycles. The van der Waals surface area contributed by atoms with Gasteiger partial charge >= 0.3 is 5.97 Å². The van der Waals surface area contributed by atoms with Crippen LogP contribution in [0, 0.1) is 5.92 Å². The summed E-state index contributed by atoms with van der Waals surface area (Å²) in [5, 5.41) is 0. The zero-order valence-electron chi connectivity index (χ0n) is 9.25. The van der Waals surface area contributed by atoms with Crippen LogP contribution in [0.3, 0.4) is 0 Å². The van der Waals surface area contributed by atoms with Crippen LogP contribution in [-0.2, 0) is 9.53 Å². The van der Waals surface area contributed by atoms with Crippen LogP contribution >= 0.6 is 0 Å². The van der Waals surface area contributed by atoms with Gasteiger partial charge in [-0.05, 0) is 26.8 Å². The fourth-order valence-electron chi connectivity index (χ4n) is 1.91. The molecule has 1 atom stereocenters. The molecule has 14 heavy (non-hydrogen) atoms. The standard InChI is InChI=1S/C10H20N2O2/c1-10(2,11)7-12-5-4-8(6-12)9(13)14-3/h8H,4-7,11H2,1-3H3. The number of carbonyl (C=O) groups excluding carboxylic acids is 1. The Morgan fingerprint density at radius 2 is 2.29 bits per heavy atom. The second kappa shape index (κ2) is 4.28. The maximum atomic E-state index is 11.2. The van der Waals surface area contributed by atoms with Gasteiger partial charge in [0.15, 0.2) is 0 Å². The third-order valence-electron chi connectivity index (χ3n) is 2.44. The lowest BCUT2D eigenvalue weighted by molar-refractivity contribution is -0.144. The molecule has 0 aromatic carbocycles.